The lowest BCUT2D eigenvalue weighted by Crippen LogP contribution is -2.34. The average Bonchev–Trinajstić information content (AvgIpc) is 1.90. The van der Waals surface area contributed by atoms with Gasteiger partial charge in [-0.2, -0.15) is 0 Å². The minimum Gasteiger partial charge on any atom is -0.376 e. The SMILES string of the molecule is Cl.NC[C@H]1COCCO1. The van der Waals surface area contributed by atoms with Gasteiger partial charge >= 0.3 is 0 Å². The second-order valence-corrected chi connectivity index (χ2v) is 1.80. The molecule has 0 aromatic carbocycles. The van der Waals surface area contributed by atoms with Crippen LogP contribution < -0.4 is 5.73 Å². The quantitative estimate of drug-likeness (QED) is 0.567. The molecule has 1 fully saturated rings. The number of ether oxygens (including phenoxy) is 2. The summed E-state index contributed by atoms with van der Waals surface area (Å²) in [6.45, 7) is 2.65. The lowest BCUT2D eigenvalue weighted by atomic mass is 10.3. The molecule has 1 aliphatic heterocycles. The molecule has 0 bridgehead atoms. The summed E-state index contributed by atoms with van der Waals surface area (Å²) in [6.07, 6.45) is 0.142. The molecule has 0 amide bonds. The third-order valence-electron chi connectivity index (χ3n) is 1.15. The van der Waals surface area contributed by atoms with Crippen molar-refractivity contribution in [2.45, 2.75) is 6.10 Å². The third-order valence-corrected chi connectivity index (χ3v) is 1.15. The van der Waals surface area contributed by atoms with Gasteiger partial charge in [-0.3, -0.25) is 0 Å². The molecule has 1 saturated heterocycles. The van der Waals surface area contributed by atoms with Gasteiger partial charge < -0.3 is 15.2 Å². The fraction of sp³-hybridized carbons (Fsp3) is 1.00. The van der Waals surface area contributed by atoms with Crippen molar-refractivity contribution >= 4 is 12.4 Å². The number of rotatable bonds is 1. The van der Waals surface area contributed by atoms with Gasteiger partial charge in [0.2, 0.25) is 0 Å². The van der Waals surface area contributed by atoms with Crippen LogP contribution in [0.5, 0.6) is 0 Å². The summed E-state index contributed by atoms with van der Waals surface area (Å²) >= 11 is 0. The van der Waals surface area contributed by atoms with E-state index in [0.29, 0.717) is 19.8 Å². The van der Waals surface area contributed by atoms with E-state index in [4.69, 9.17) is 15.2 Å². The molecule has 1 atom stereocenters. The molecule has 1 heterocycles. The van der Waals surface area contributed by atoms with Gasteiger partial charge in [0.1, 0.15) is 0 Å². The van der Waals surface area contributed by atoms with Crippen LogP contribution in [0.1, 0.15) is 0 Å². The summed E-state index contributed by atoms with van der Waals surface area (Å²) in [5.41, 5.74) is 5.30. The zero-order valence-corrected chi connectivity index (χ0v) is 6.02. The molecule has 0 saturated carbocycles. The smallest absolute Gasteiger partial charge is 0.0931 e. The van der Waals surface area contributed by atoms with Gasteiger partial charge in [0.25, 0.3) is 0 Å². The van der Waals surface area contributed by atoms with Crippen molar-refractivity contribution in [3.63, 3.8) is 0 Å². The van der Waals surface area contributed by atoms with Crippen LogP contribution in [0.25, 0.3) is 0 Å². The third kappa shape index (κ3) is 3.01. The minimum atomic E-state index is 0. The van der Waals surface area contributed by atoms with Crippen LogP contribution >= 0.6 is 12.4 Å². The van der Waals surface area contributed by atoms with Crippen LogP contribution in [0.15, 0.2) is 0 Å². The van der Waals surface area contributed by atoms with E-state index in [-0.39, 0.29) is 18.5 Å². The van der Waals surface area contributed by atoms with Crippen LogP contribution in [0.4, 0.5) is 0 Å². The molecule has 0 aromatic rings. The Morgan fingerprint density at radius 2 is 2.22 bits per heavy atom. The van der Waals surface area contributed by atoms with Crippen molar-refractivity contribution in [1.29, 1.82) is 0 Å². The zero-order chi connectivity index (χ0) is 5.82. The molecule has 0 radical (unpaired) electrons. The first kappa shape index (κ1) is 9.17. The summed E-state index contributed by atoms with van der Waals surface area (Å²) < 4.78 is 10.2. The Balaban J connectivity index is 0.000000640. The summed E-state index contributed by atoms with van der Waals surface area (Å²) in [5, 5.41) is 0. The van der Waals surface area contributed by atoms with Crippen molar-refractivity contribution in [3.05, 3.63) is 0 Å². The monoisotopic (exact) mass is 153 g/mol. The highest BCUT2D eigenvalue weighted by Crippen LogP contribution is 1.96. The van der Waals surface area contributed by atoms with Crippen molar-refractivity contribution in [1.82, 2.24) is 0 Å². The predicted octanol–water partition coefficient (Wildman–Crippen LogP) is -0.218. The van der Waals surface area contributed by atoms with E-state index in [1.165, 1.54) is 0 Å². The van der Waals surface area contributed by atoms with Crippen molar-refractivity contribution in [2.24, 2.45) is 5.73 Å². The first-order valence-corrected chi connectivity index (χ1v) is 2.83. The highest BCUT2D eigenvalue weighted by Gasteiger charge is 2.10. The van der Waals surface area contributed by atoms with Crippen LogP contribution in [0.2, 0.25) is 0 Å². The van der Waals surface area contributed by atoms with Gasteiger partial charge in [0.15, 0.2) is 0 Å². The fourth-order valence-corrected chi connectivity index (χ4v) is 0.673. The Kier molecular flexibility index (Phi) is 5.09. The van der Waals surface area contributed by atoms with Crippen molar-refractivity contribution in [3.8, 4) is 0 Å². The minimum absolute atomic E-state index is 0. The van der Waals surface area contributed by atoms with E-state index < -0.39 is 0 Å². The fourth-order valence-electron chi connectivity index (χ4n) is 0.673. The normalized spacial score (nSPS) is 27.0. The predicted molar refractivity (Wildman–Crippen MR) is 36.9 cm³/mol. The van der Waals surface area contributed by atoms with Gasteiger partial charge in [-0.25, -0.2) is 0 Å². The summed E-state index contributed by atoms with van der Waals surface area (Å²) in [5.74, 6) is 0. The van der Waals surface area contributed by atoms with Crippen LogP contribution in [-0.2, 0) is 9.47 Å². The molecule has 1 aliphatic rings. The van der Waals surface area contributed by atoms with E-state index in [9.17, 15) is 0 Å². The van der Waals surface area contributed by atoms with Gasteiger partial charge in [-0.05, 0) is 0 Å². The molecule has 1 rings (SSSR count). The Morgan fingerprint density at radius 1 is 1.44 bits per heavy atom. The Labute approximate surface area is 60.9 Å². The van der Waals surface area contributed by atoms with Gasteiger partial charge in [-0.1, -0.05) is 0 Å². The largest absolute Gasteiger partial charge is 0.376 e. The lowest BCUT2D eigenvalue weighted by Gasteiger charge is -2.20. The van der Waals surface area contributed by atoms with E-state index in [2.05, 4.69) is 0 Å². The second-order valence-electron chi connectivity index (χ2n) is 1.80. The number of nitrogens with two attached hydrogens (primary N) is 1. The van der Waals surface area contributed by atoms with Crippen molar-refractivity contribution < 1.29 is 9.47 Å². The van der Waals surface area contributed by atoms with Gasteiger partial charge in [0.05, 0.1) is 25.9 Å². The first-order valence-electron chi connectivity index (χ1n) is 2.83. The maximum Gasteiger partial charge on any atom is 0.0931 e. The maximum absolute atomic E-state index is 5.30. The molecule has 4 heteroatoms. The molecule has 0 unspecified atom stereocenters. The number of hydrogen-bond acceptors (Lipinski definition) is 3. The van der Waals surface area contributed by atoms with Crippen LogP contribution in [0, 0.1) is 0 Å². The number of halogens is 1. The van der Waals surface area contributed by atoms with Gasteiger partial charge in [0, 0.05) is 6.54 Å². The topological polar surface area (TPSA) is 44.5 Å². The molecule has 3 nitrogen and oxygen atoms in total. The van der Waals surface area contributed by atoms with Crippen molar-refractivity contribution in [2.75, 3.05) is 26.4 Å². The Bertz CT molecular complexity index is 66.0. The van der Waals surface area contributed by atoms with E-state index >= 15 is 0 Å². The molecule has 0 aromatic heterocycles. The Morgan fingerprint density at radius 3 is 2.56 bits per heavy atom. The zero-order valence-electron chi connectivity index (χ0n) is 5.21. The molecular weight excluding hydrogens is 142 g/mol. The average molecular weight is 154 g/mol. The maximum atomic E-state index is 5.30. The highest BCUT2D eigenvalue weighted by molar-refractivity contribution is 5.85. The van der Waals surface area contributed by atoms with Gasteiger partial charge in [-0.15, -0.1) is 12.4 Å². The highest BCUT2D eigenvalue weighted by atomic mass is 35.5. The summed E-state index contributed by atoms with van der Waals surface area (Å²) in [7, 11) is 0. The molecule has 0 spiro atoms. The first-order chi connectivity index (χ1) is 3.93. The number of hydrogen-bond donors (Lipinski definition) is 1. The molecule has 9 heavy (non-hydrogen) atoms. The molecule has 0 aliphatic carbocycles. The second kappa shape index (κ2) is 4.99. The molecule has 2 N–H and O–H groups in total. The lowest BCUT2D eigenvalue weighted by molar-refractivity contribution is -0.0834. The van der Waals surface area contributed by atoms with Crippen LogP contribution in [-0.4, -0.2) is 32.5 Å². The van der Waals surface area contributed by atoms with E-state index in [1.807, 2.05) is 0 Å². The summed E-state index contributed by atoms with van der Waals surface area (Å²) in [4.78, 5) is 0. The molecule has 56 valence electrons. The van der Waals surface area contributed by atoms with E-state index in [0.717, 1.165) is 6.61 Å². The molecular formula is C5H12ClNO2. The van der Waals surface area contributed by atoms with Crippen LogP contribution in [0.3, 0.4) is 0 Å². The summed E-state index contributed by atoms with van der Waals surface area (Å²) in [6, 6.07) is 0. The standard InChI is InChI=1S/C5H11NO2.ClH/c6-3-5-4-7-1-2-8-5;/h5H,1-4,6H2;1H/t5-;/m0./s1. The van der Waals surface area contributed by atoms with E-state index in [1.54, 1.807) is 0 Å². The Hall–Kier alpha value is 0.170.